The molecular formula is C18H21ClFNO2. The summed E-state index contributed by atoms with van der Waals surface area (Å²) in [5.74, 6) is 0.381. The van der Waals surface area contributed by atoms with E-state index in [0.29, 0.717) is 11.6 Å². The Balaban J connectivity index is 2.02. The van der Waals surface area contributed by atoms with Gasteiger partial charge in [-0.1, -0.05) is 42.8 Å². The van der Waals surface area contributed by atoms with Crippen molar-refractivity contribution >= 4 is 11.6 Å². The Morgan fingerprint density at radius 2 is 2.00 bits per heavy atom. The summed E-state index contributed by atoms with van der Waals surface area (Å²) in [5, 5.41) is 12.9. The quantitative estimate of drug-likeness (QED) is 0.767. The molecule has 0 heterocycles. The van der Waals surface area contributed by atoms with Gasteiger partial charge in [0.2, 0.25) is 0 Å². The number of hydrogen-bond donors (Lipinski definition) is 2. The summed E-state index contributed by atoms with van der Waals surface area (Å²) < 4.78 is 18.9. The van der Waals surface area contributed by atoms with E-state index >= 15 is 0 Å². The summed E-state index contributed by atoms with van der Waals surface area (Å²) in [6.07, 6.45) is 0.852. The zero-order valence-electron chi connectivity index (χ0n) is 13.1. The van der Waals surface area contributed by atoms with E-state index in [4.69, 9.17) is 16.3 Å². The average Bonchev–Trinajstić information content (AvgIpc) is 2.56. The number of rotatable bonds is 8. The van der Waals surface area contributed by atoms with Crippen LogP contribution in [-0.2, 0) is 13.2 Å². The SMILES string of the molecule is CCC(CO)NCc1ccccc1OCc1ccc(F)cc1Cl. The van der Waals surface area contributed by atoms with Gasteiger partial charge in [-0.3, -0.25) is 0 Å². The standard InChI is InChI=1S/C18H21ClFNO2/c1-2-16(11-22)21-10-13-5-3-4-6-18(13)23-12-14-7-8-15(20)9-17(14)19/h3-9,16,21-22H,2,10-12H2,1H3. The summed E-state index contributed by atoms with van der Waals surface area (Å²) in [6, 6.07) is 12.0. The van der Waals surface area contributed by atoms with Crippen molar-refractivity contribution in [2.24, 2.45) is 0 Å². The minimum atomic E-state index is -0.363. The summed E-state index contributed by atoms with van der Waals surface area (Å²) in [4.78, 5) is 0. The van der Waals surface area contributed by atoms with Crippen molar-refractivity contribution in [3.63, 3.8) is 0 Å². The molecule has 0 aromatic heterocycles. The van der Waals surface area contributed by atoms with Crippen molar-refractivity contribution in [2.45, 2.75) is 32.5 Å². The number of nitrogens with one attached hydrogen (secondary N) is 1. The van der Waals surface area contributed by atoms with Gasteiger partial charge in [0.1, 0.15) is 18.2 Å². The van der Waals surface area contributed by atoms with E-state index in [9.17, 15) is 9.50 Å². The number of aliphatic hydroxyl groups excluding tert-OH is 1. The van der Waals surface area contributed by atoms with Crippen LogP contribution in [0.1, 0.15) is 24.5 Å². The first-order chi connectivity index (χ1) is 11.1. The second-order valence-electron chi connectivity index (χ2n) is 5.30. The first kappa shape index (κ1) is 17.7. The molecule has 1 atom stereocenters. The molecule has 0 aliphatic rings. The normalized spacial score (nSPS) is 12.2. The van der Waals surface area contributed by atoms with Gasteiger partial charge >= 0.3 is 0 Å². The molecule has 0 amide bonds. The van der Waals surface area contributed by atoms with E-state index in [0.717, 1.165) is 23.3 Å². The van der Waals surface area contributed by atoms with E-state index < -0.39 is 0 Å². The van der Waals surface area contributed by atoms with Gasteiger partial charge in [-0.25, -0.2) is 4.39 Å². The number of hydrogen-bond acceptors (Lipinski definition) is 3. The molecule has 0 spiro atoms. The molecular weight excluding hydrogens is 317 g/mol. The monoisotopic (exact) mass is 337 g/mol. The van der Waals surface area contributed by atoms with Crippen LogP contribution in [0.2, 0.25) is 5.02 Å². The average molecular weight is 338 g/mol. The molecule has 0 aliphatic carbocycles. The first-order valence-corrected chi connectivity index (χ1v) is 8.00. The van der Waals surface area contributed by atoms with Crippen LogP contribution in [-0.4, -0.2) is 17.8 Å². The number of para-hydroxylation sites is 1. The van der Waals surface area contributed by atoms with Gasteiger partial charge in [0.05, 0.1) is 11.6 Å². The van der Waals surface area contributed by atoms with Gasteiger partial charge in [0.15, 0.2) is 0 Å². The third-order valence-corrected chi connectivity index (χ3v) is 4.02. The molecule has 2 N–H and O–H groups in total. The zero-order valence-corrected chi connectivity index (χ0v) is 13.8. The second kappa shape index (κ2) is 8.87. The molecule has 0 saturated carbocycles. The topological polar surface area (TPSA) is 41.5 Å². The summed E-state index contributed by atoms with van der Waals surface area (Å²) in [5.41, 5.74) is 1.73. The molecule has 124 valence electrons. The molecule has 0 fully saturated rings. The van der Waals surface area contributed by atoms with Crippen molar-refractivity contribution in [1.82, 2.24) is 5.32 Å². The van der Waals surface area contributed by atoms with Crippen LogP contribution in [0, 0.1) is 5.82 Å². The van der Waals surface area contributed by atoms with Gasteiger partial charge in [-0.05, 0) is 24.6 Å². The molecule has 5 heteroatoms. The molecule has 2 aromatic rings. The van der Waals surface area contributed by atoms with Crippen LogP contribution in [0.25, 0.3) is 0 Å². The third-order valence-electron chi connectivity index (χ3n) is 3.67. The fourth-order valence-corrected chi connectivity index (χ4v) is 2.40. The van der Waals surface area contributed by atoms with Crippen molar-refractivity contribution < 1.29 is 14.2 Å². The van der Waals surface area contributed by atoms with Crippen LogP contribution < -0.4 is 10.1 Å². The fraction of sp³-hybridized carbons (Fsp3) is 0.333. The van der Waals surface area contributed by atoms with Crippen molar-refractivity contribution in [3.8, 4) is 5.75 Å². The van der Waals surface area contributed by atoms with E-state index in [-0.39, 0.29) is 25.1 Å². The highest BCUT2D eigenvalue weighted by molar-refractivity contribution is 6.31. The van der Waals surface area contributed by atoms with E-state index in [1.165, 1.54) is 12.1 Å². The maximum absolute atomic E-state index is 13.1. The lowest BCUT2D eigenvalue weighted by Gasteiger charge is -2.16. The predicted molar refractivity (Wildman–Crippen MR) is 90.2 cm³/mol. The third kappa shape index (κ3) is 5.20. The van der Waals surface area contributed by atoms with Crippen LogP contribution >= 0.6 is 11.6 Å². The molecule has 1 unspecified atom stereocenters. The number of ether oxygens (including phenoxy) is 1. The Kier molecular flexibility index (Phi) is 6.84. The minimum Gasteiger partial charge on any atom is -0.489 e. The molecule has 0 radical (unpaired) electrons. The Morgan fingerprint density at radius 3 is 2.70 bits per heavy atom. The lowest BCUT2D eigenvalue weighted by molar-refractivity contribution is 0.237. The number of halogens is 2. The van der Waals surface area contributed by atoms with Crippen LogP contribution in [0.15, 0.2) is 42.5 Å². The minimum absolute atomic E-state index is 0.0644. The zero-order chi connectivity index (χ0) is 16.7. The maximum atomic E-state index is 13.1. The van der Waals surface area contributed by atoms with Crippen molar-refractivity contribution in [3.05, 3.63) is 64.4 Å². The van der Waals surface area contributed by atoms with Gasteiger partial charge in [0, 0.05) is 23.7 Å². The highest BCUT2D eigenvalue weighted by atomic mass is 35.5. The van der Waals surface area contributed by atoms with Gasteiger partial charge in [-0.15, -0.1) is 0 Å². The second-order valence-corrected chi connectivity index (χ2v) is 5.71. The largest absolute Gasteiger partial charge is 0.489 e. The predicted octanol–water partition coefficient (Wildman–Crippen LogP) is 3.92. The molecule has 2 aromatic carbocycles. The van der Waals surface area contributed by atoms with Crippen molar-refractivity contribution in [2.75, 3.05) is 6.61 Å². The van der Waals surface area contributed by atoms with Gasteiger partial charge in [-0.2, -0.15) is 0 Å². The highest BCUT2D eigenvalue weighted by Gasteiger charge is 2.08. The van der Waals surface area contributed by atoms with Crippen molar-refractivity contribution in [1.29, 1.82) is 0 Å². The van der Waals surface area contributed by atoms with Crippen LogP contribution in [0.4, 0.5) is 4.39 Å². The van der Waals surface area contributed by atoms with Crippen LogP contribution in [0.5, 0.6) is 5.75 Å². The lowest BCUT2D eigenvalue weighted by Crippen LogP contribution is -2.31. The first-order valence-electron chi connectivity index (χ1n) is 7.63. The van der Waals surface area contributed by atoms with E-state index in [2.05, 4.69) is 5.32 Å². The highest BCUT2D eigenvalue weighted by Crippen LogP contribution is 2.22. The molecule has 0 aliphatic heterocycles. The molecule has 0 saturated heterocycles. The Morgan fingerprint density at radius 1 is 1.22 bits per heavy atom. The number of benzene rings is 2. The Labute approximate surface area is 141 Å². The molecule has 23 heavy (non-hydrogen) atoms. The van der Waals surface area contributed by atoms with E-state index in [1.807, 2.05) is 31.2 Å². The smallest absolute Gasteiger partial charge is 0.124 e. The summed E-state index contributed by atoms with van der Waals surface area (Å²) in [6.45, 7) is 3.00. The maximum Gasteiger partial charge on any atom is 0.124 e. The molecule has 3 nitrogen and oxygen atoms in total. The summed E-state index contributed by atoms with van der Waals surface area (Å²) in [7, 11) is 0. The molecule has 0 bridgehead atoms. The fourth-order valence-electron chi connectivity index (χ4n) is 2.18. The number of aliphatic hydroxyl groups is 1. The van der Waals surface area contributed by atoms with Gasteiger partial charge in [0.25, 0.3) is 0 Å². The Hall–Kier alpha value is -1.62. The molecule has 2 rings (SSSR count). The van der Waals surface area contributed by atoms with E-state index in [1.54, 1.807) is 6.07 Å². The lowest BCUT2D eigenvalue weighted by atomic mass is 10.1. The van der Waals surface area contributed by atoms with Gasteiger partial charge < -0.3 is 15.2 Å². The summed E-state index contributed by atoms with van der Waals surface area (Å²) >= 11 is 6.02. The van der Waals surface area contributed by atoms with Crippen LogP contribution in [0.3, 0.4) is 0 Å². The Bertz CT molecular complexity index is 632.